The molecule has 0 bridgehead atoms. The summed E-state index contributed by atoms with van der Waals surface area (Å²) in [5, 5.41) is 10.3. The van der Waals surface area contributed by atoms with Crippen LogP contribution in [0.2, 0.25) is 0 Å². The van der Waals surface area contributed by atoms with E-state index in [2.05, 4.69) is 5.32 Å². The van der Waals surface area contributed by atoms with Gasteiger partial charge in [-0.1, -0.05) is 18.2 Å². The highest BCUT2D eigenvalue weighted by atomic mass is 32.2. The molecule has 9 nitrogen and oxygen atoms in total. The van der Waals surface area contributed by atoms with Crippen LogP contribution in [0.3, 0.4) is 0 Å². The lowest BCUT2D eigenvalue weighted by molar-refractivity contribution is -0.192. The Hall–Kier alpha value is -2.22. The summed E-state index contributed by atoms with van der Waals surface area (Å²) in [5.41, 5.74) is 0. The Morgan fingerprint density at radius 2 is 1.79 bits per heavy atom. The van der Waals surface area contributed by atoms with Crippen molar-refractivity contribution in [3.63, 3.8) is 0 Å². The number of rotatable bonds is 7. The molecule has 3 rings (SSSR count). The molecule has 2 saturated heterocycles. The summed E-state index contributed by atoms with van der Waals surface area (Å²) >= 11 is 0. The molecule has 1 aromatic rings. The van der Waals surface area contributed by atoms with Gasteiger partial charge < -0.3 is 20.1 Å². The topological polar surface area (TPSA) is 116 Å². The maximum Gasteiger partial charge on any atom is 0.490 e. The fraction of sp³-hybridized carbons (Fsp3) is 0.600. The standard InChI is InChI=1S/C18H27N3O4S.C2HF3O2/c22-18(20-12-9-19-10-13-20)8-11-21(15-16-5-4-14-25-16)26(23,24)17-6-2-1-3-7-17;3-2(4,5)1(6)7/h1-3,6-7,16,19H,4-5,8-15H2;(H,6,7). The minimum atomic E-state index is -5.08. The van der Waals surface area contributed by atoms with Gasteiger partial charge in [-0.05, 0) is 25.0 Å². The summed E-state index contributed by atoms with van der Waals surface area (Å²) < 4.78 is 64.9. The number of carboxylic acid groups (broad SMARTS) is 1. The third-order valence-electron chi connectivity index (χ3n) is 5.10. The van der Waals surface area contributed by atoms with Crippen molar-refractivity contribution >= 4 is 21.9 Å². The first-order valence-electron chi connectivity index (χ1n) is 10.5. The van der Waals surface area contributed by atoms with E-state index in [0.29, 0.717) is 26.2 Å². The quantitative estimate of drug-likeness (QED) is 0.586. The lowest BCUT2D eigenvalue weighted by atomic mass is 10.2. The fourth-order valence-corrected chi connectivity index (χ4v) is 4.85. The van der Waals surface area contributed by atoms with Crippen molar-refractivity contribution in [1.29, 1.82) is 0 Å². The Labute approximate surface area is 190 Å². The SMILES string of the molecule is O=C(CCN(CC1CCCO1)S(=O)(=O)c1ccccc1)N1CCNCC1.O=C(O)C(F)(F)F. The minimum absolute atomic E-state index is 0.00658. The normalized spacial score (nSPS) is 19.2. The average molecular weight is 496 g/mol. The van der Waals surface area contributed by atoms with Gasteiger partial charge in [-0.2, -0.15) is 17.5 Å². The van der Waals surface area contributed by atoms with Crippen LogP contribution in [0.1, 0.15) is 19.3 Å². The third kappa shape index (κ3) is 8.57. The molecule has 2 fully saturated rings. The molecule has 1 amide bonds. The van der Waals surface area contributed by atoms with Crippen molar-refractivity contribution in [2.24, 2.45) is 0 Å². The van der Waals surface area contributed by atoms with Crippen molar-refractivity contribution in [3.8, 4) is 0 Å². The van der Waals surface area contributed by atoms with E-state index >= 15 is 0 Å². The Morgan fingerprint density at radius 1 is 1.18 bits per heavy atom. The Bertz CT molecular complexity index is 871. The summed E-state index contributed by atoms with van der Waals surface area (Å²) in [5.74, 6) is -2.75. The maximum absolute atomic E-state index is 13.0. The molecule has 33 heavy (non-hydrogen) atoms. The highest BCUT2D eigenvalue weighted by molar-refractivity contribution is 7.89. The van der Waals surface area contributed by atoms with Crippen LogP contribution in [0.15, 0.2) is 35.2 Å². The number of carbonyl (C=O) groups excluding carboxylic acids is 1. The number of ether oxygens (including phenoxy) is 1. The molecule has 0 aliphatic carbocycles. The van der Waals surface area contributed by atoms with Crippen LogP contribution in [-0.4, -0.2) is 92.8 Å². The monoisotopic (exact) mass is 495 g/mol. The van der Waals surface area contributed by atoms with E-state index in [0.717, 1.165) is 25.9 Å². The van der Waals surface area contributed by atoms with Gasteiger partial charge in [0.1, 0.15) is 0 Å². The van der Waals surface area contributed by atoms with Crippen LogP contribution in [0.4, 0.5) is 13.2 Å². The van der Waals surface area contributed by atoms with E-state index in [1.165, 1.54) is 4.31 Å². The number of piperazine rings is 1. The number of aliphatic carboxylic acids is 1. The summed E-state index contributed by atoms with van der Waals surface area (Å²) in [4.78, 5) is 23.4. The van der Waals surface area contributed by atoms with Gasteiger partial charge in [0.15, 0.2) is 0 Å². The molecule has 13 heteroatoms. The van der Waals surface area contributed by atoms with Crippen LogP contribution in [0.5, 0.6) is 0 Å². The van der Waals surface area contributed by atoms with Gasteiger partial charge in [0.2, 0.25) is 15.9 Å². The summed E-state index contributed by atoms with van der Waals surface area (Å²) in [6.45, 7) is 4.07. The number of benzene rings is 1. The zero-order chi connectivity index (χ0) is 24.5. The molecule has 1 atom stereocenters. The van der Waals surface area contributed by atoms with E-state index in [9.17, 15) is 26.4 Å². The first-order valence-corrected chi connectivity index (χ1v) is 11.9. The molecule has 0 saturated carbocycles. The lowest BCUT2D eigenvalue weighted by Gasteiger charge is -2.29. The minimum Gasteiger partial charge on any atom is -0.475 e. The van der Waals surface area contributed by atoms with Gasteiger partial charge >= 0.3 is 12.1 Å². The molecule has 0 radical (unpaired) electrons. The van der Waals surface area contributed by atoms with E-state index < -0.39 is 22.2 Å². The average Bonchev–Trinajstić information content (AvgIpc) is 3.30. The number of carboxylic acids is 1. The van der Waals surface area contributed by atoms with Crippen LogP contribution in [-0.2, 0) is 24.3 Å². The van der Waals surface area contributed by atoms with Crippen LogP contribution < -0.4 is 5.32 Å². The van der Waals surface area contributed by atoms with Gasteiger partial charge in [0, 0.05) is 52.3 Å². The second kappa shape index (κ2) is 12.3. The molecular formula is C20H28F3N3O6S. The smallest absolute Gasteiger partial charge is 0.475 e. The van der Waals surface area contributed by atoms with Gasteiger partial charge in [-0.25, -0.2) is 13.2 Å². The van der Waals surface area contributed by atoms with Gasteiger partial charge in [0.25, 0.3) is 0 Å². The molecule has 0 aromatic heterocycles. The fourth-order valence-electron chi connectivity index (χ4n) is 3.36. The molecular weight excluding hydrogens is 467 g/mol. The largest absolute Gasteiger partial charge is 0.490 e. The zero-order valence-corrected chi connectivity index (χ0v) is 18.8. The summed E-state index contributed by atoms with van der Waals surface area (Å²) in [6.07, 6.45) is -3.18. The predicted molar refractivity (Wildman–Crippen MR) is 112 cm³/mol. The first kappa shape index (κ1) is 27.0. The van der Waals surface area contributed by atoms with E-state index in [-0.39, 0.29) is 29.9 Å². The highest BCUT2D eigenvalue weighted by Gasteiger charge is 2.38. The van der Waals surface area contributed by atoms with Crippen molar-refractivity contribution in [2.75, 3.05) is 45.9 Å². The number of nitrogens with one attached hydrogen (secondary N) is 1. The number of carbonyl (C=O) groups is 2. The maximum atomic E-state index is 13.0. The molecule has 0 spiro atoms. The van der Waals surface area contributed by atoms with Crippen LogP contribution >= 0.6 is 0 Å². The number of nitrogens with zero attached hydrogens (tertiary/aromatic N) is 2. The molecule has 2 heterocycles. The second-order valence-corrected chi connectivity index (χ2v) is 9.43. The van der Waals surface area contributed by atoms with Crippen molar-refractivity contribution < 1.29 is 41.0 Å². The van der Waals surface area contributed by atoms with Crippen molar-refractivity contribution in [3.05, 3.63) is 30.3 Å². The van der Waals surface area contributed by atoms with Crippen molar-refractivity contribution in [2.45, 2.75) is 36.4 Å². The van der Waals surface area contributed by atoms with Crippen LogP contribution in [0, 0.1) is 0 Å². The summed E-state index contributed by atoms with van der Waals surface area (Å²) in [6, 6.07) is 8.40. The molecule has 2 N–H and O–H groups in total. The number of sulfonamides is 1. The Morgan fingerprint density at radius 3 is 2.30 bits per heavy atom. The molecule has 1 aromatic carbocycles. The predicted octanol–water partition coefficient (Wildman–Crippen LogP) is 1.31. The number of amides is 1. The molecule has 1 unspecified atom stereocenters. The zero-order valence-electron chi connectivity index (χ0n) is 18.0. The van der Waals surface area contributed by atoms with E-state index in [1.54, 1.807) is 35.2 Å². The van der Waals surface area contributed by atoms with Crippen LogP contribution in [0.25, 0.3) is 0 Å². The number of halogens is 3. The number of hydrogen-bond donors (Lipinski definition) is 2. The first-order chi connectivity index (χ1) is 15.5. The Kier molecular flexibility index (Phi) is 10.1. The van der Waals surface area contributed by atoms with Gasteiger partial charge in [-0.15, -0.1) is 0 Å². The van der Waals surface area contributed by atoms with Gasteiger partial charge in [-0.3, -0.25) is 4.79 Å². The van der Waals surface area contributed by atoms with Gasteiger partial charge in [0.05, 0.1) is 11.0 Å². The lowest BCUT2D eigenvalue weighted by Crippen LogP contribution is -2.47. The second-order valence-electron chi connectivity index (χ2n) is 7.49. The highest BCUT2D eigenvalue weighted by Crippen LogP contribution is 2.20. The number of alkyl halides is 3. The number of hydrogen-bond acceptors (Lipinski definition) is 6. The third-order valence-corrected chi connectivity index (χ3v) is 6.98. The molecule has 2 aliphatic rings. The molecule has 2 aliphatic heterocycles. The van der Waals surface area contributed by atoms with E-state index in [4.69, 9.17) is 14.6 Å². The molecule has 186 valence electrons. The van der Waals surface area contributed by atoms with Crippen molar-refractivity contribution in [1.82, 2.24) is 14.5 Å². The Balaban J connectivity index is 0.000000479. The summed E-state index contributed by atoms with van der Waals surface area (Å²) in [7, 11) is -3.64. The van der Waals surface area contributed by atoms with E-state index in [1.807, 2.05) is 0 Å².